The number of aromatic nitrogens is 1. The van der Waals surface area contributed by atoms with Gasteiger partial charge in [-0.3, -0.25) is 9.78 Å². The summed E-state index contributed by atoms with van der Waals surface area (Å²) in [6, 6.07) is 4.76. The molecular weight excluding hydrogens is 286 g/mol. The van der Waals surface area contributed by atoms with E-state index in [0.29, 0.717) is 0 Å². The Morgan fingerprint density at radius 1 is 1.35 bits per heavy atom. The van der Waals surface area contributed by atoms with Gasteiger partial charge in [0, 0.05) is 12.4 Å². The molecule has 0 bridgehead atoms. The molecule has 0 fully saturated rings. The maximum atomic E-state index is 13.2. The largest absolute Gasteiger partial charge is 0.345 e. The molecule has 1 heterocycles. The van der Waals surface area contributed by atoms with Crippen LogP contribution in [0.5, 0.6) is 0 Å². The van der Waals surface area contributed by atoms with Crippen LogP contribution in [0.25, 0.3) is 0 Å². The standard InChI is InChI=1S/C14H11ClF2N2O/c1-8(9-3-2-4-18-7-9)19-14(20)10-5-12(16)13(17)6-11(10)15/h2-8H,1H3,(H,19,20). The number of halogens is 3. The zero-order chi connectivity index (χ0) is 14.7. The number of hydrogen-bond donors (Lipinski definition) is 1. The molecule has 0 aliphatic carbocycles. The van der Waals surface area contributed by atoms with Crippen LogP contribution in [0.4, 0.5) is 8.78 Å². The molecule has 0 saturated heterocycles. The van der Waals surface area contributed by atoms with E-state index in [9.17, 15) is 13.6 Å². The summed E-state index contributed by atoms with van der Waals surface area (Å²) in [5, 5.41) is 2.51. The van der Waals surface area contributed by atoms with Crippen molar-refractivity contribution in [1.29, 1.82) is 0 Å². The predicted molar refractivity (Wildman–Crippen MR) is 71.5 cm³/mol. The molecule has 6 heteroatoms. The van der Waals surface area contributed by atoms with Gasteiger partial charge >= 0.3 is 0 Å². The number of carbonyl (C=O) groups excluding carboxylic acids is 1. The van der Waals surface area contributed by atoms with Crippen LogP contribution in [0, 0.1) is 11.6 Å². The molecule has 104 valence electrons. The van der Waals surface area contributed by atoms with E-state index in [-0.39, 0.29) is 16.6 Å². The Morgan fingerprint density at radius 2 is 2.05 bits per heavy atom. The summed E-state index contributed by atoms with van der Waals surface area (Å²) < 4.78 is 26.1. The second-order valence-corrected chi connectivity index (χ2v) is 4.63. The molecule has 0 radical (unpaired) electrons. The number of carbonyl (C=O) groups is 1. The third-order valence-corrected chi connectivity index (χ3v) is 3.10. The lowest BCUT2D eigenvalue weighted by Crippen LogP contribution is -2.27. The van der Waals surface area contributed by atoms with Crippen molar-refractivity contribution in [3.05, 3.63) is 64.4 Å². The van der Waals surface area contributed by atoms with E-state index in [4.69, 9.17) is 11.6 Å². The second kappa shape index (κ2) is 5.96. The van der Waals surface area contributed by atoms with Crippen LogP contribution >= 0.6 is 11.6 Å². The Labute approximate surface area is 119 Å². The zero-order valence-corrected chi connectivity index (χ0v) is 11.3. The van der Waals surface area contributed by atoms with Crippen molar-refractivity contribution < 1.29 is 13.6 Å². The number of nitrogens with zero attached hydrogens (tertiary/aromatic N) is 1. The second-order valence-electron chi connectivity index (χ2n) is 4.23. The average Bonchev–Trinajstić information content (AvgIpc) is 2.43. The molecule has 2 aromatic rings. The van der Waals surface area contributed by atoms with Gasteiger partial charge in [0.1, 0.15) is 0 Å². The van der Waals surface area contributed by atoms with Gasteiger partial charge in [-0.25, -0.2) is 8.78 Å². The van der Waals surface area contributed by atoms with Crippen molar-refractivity contribution in [3.63, 3.8) is 0 Å². The Morgan fingerprint density at radius 3 is 2.70 bits per heavy atom. The lowest BCUT2D eigenvalue weighted by Gasteiger charge is -2.14. The number of nitrogens with one attached hydrogen (secondary N) is 1. The first kappa shape index (κ1) is 14.4. The Kier molecular flexibility index (Phi) is 4.29. The van der Waals surface area contributed by atoms with E-state index in [1.807, 2.05) is 0 Å². The number of benzene rings is 1. The van der Waals surface area contributed by atoms with Gasteiger partial charge in [0.2, 0.25) is 0 Å². The van der Waals surface area contributed by atoms with Gasteiger partial charge in [0.25, 0.3) is 5.91 Å². The van der Waals surface area contributed by atoms with Crippen molar-refractivity contribution in [1.82, 2.24) is 10.3 Å². The monoisotopic (exact) mass is 296 g/mol. The third kappa shape index (κ3) is 3.11. The van der Waals surface area contributed by atoms with Gasteiger partial charge in [0.15, 0.2) is 11.6 Å². The fourth-order valence-electron chi connectivity index (χ4n) is 1.69. The normalized spacial score (nSPS) is 12.0. The summed E-state index contributed by atoms with van der Waals surface area (Å²) in [6.45, 7) is 1.75. The first-order chi connectivity index (χ1) is 9.49. The highest BCUT2D eigenvalue weighted by atomic mass is 35.5. The van der Waals surface area contributed by atoms with Crippen molar-refractivity contribution in [3.8, 4) is 0 Å². The Balaban J connectivity index is 2.19. The zero-order valence-electron chi connectivity index (χ0n) is 10.5. The Bertz CT molecular complexity index is 635. The average molecular weight is 297 g/mol. The molecule has 1 atom stereocenters. The molecule has 1 amide bonds. The van der Waals surface area contributed by atoms with Crippen molar-refractivity contribution in [2.75, 3.05) is 0 Å². The molecule has 2 rings (SSSR count). The molecule has 1 N–H and O–H groups in total. The van der Waals surface area contributed by atoms with E-state index >= 15 is 0 Å². The highest BCUT2D eigenvalue weighted by molar-refractivity contribution is 6.33. The molecule has 0 aliphatic heterocycles. The molecule has 3 nitrogen and oxygen atoms in total. The molecule has 1 aromatic carbocycles. The van der Waals surface area contributed by atoms with E-state index in [2.05, 4.69) is 10.3 Å². The molecule has 0 saturated carbocycles. The van der Waals surface area contributed by atoms with Crippen LogP contribution < -0.4 is 5.32 Å². The quantitative estimate of drug-likeness (QED) is 0.881. The summed E-state index contributed by atoms with van der Waals surface area (Å²) in [6.07, 6.45) is 3.22. The smallest absolute Gasteiger partial charge is 0.253 e. The van der Waals surface area contributed by atoms with Gasteiger partial charge < -0.3 is 5.32 Å². The van der Waals surface area contributed by atoms with Crippen LogP contribution in [0.1, 0.15) is 28.9 Å². The maximum absolute atomic E-state index is 13.2. The van der Waals surface area contributed by atoms with E-state index in [1.165, 1.54) is 0 Å². The fourth-order valence-corrected chi connectivity index (χ4v) is 1.92. The highest BCUT2D eigenvalue weighted by Crippen LogP contribution is 2.21. The molecule has 20 heavy (non-hydrogen) atoms. The van der Waals surface area contributed by atoms with Gasteiger partial charge in [-0.05, 0) is 30.7 Å². The molecule has 0 spiro atoms. The van der Waals surface area contributed by atoms with Gasteiger partial charge in [-0.2, -0.15) is 0 Å². The van der Waals surface area contributed by atoms with Crippen molar-refractivity contribution >= 4 is 17.5 Å². The minimum Gasteiger partial charge on any atom is -0.345 e. The molecule has 1 aromatic heterocycles. The van der Waals surface area contributed by atoms with Crippen LogP contribution in [0.15, 0.2) is 36.7 Å². The lowest BCUT2D eigenvalue weighted by atomic mass is 10.1. The van der Waals surface area contributed by atoms with Crippen molar-refractivity contribution in [2.24, 2.45) is 0 Å². The van der Waals surface area contributed by atoms with Gasteiger partial charge in [0.05, 0.1) is 16.6 Å². The third-order valence-electron chi connectivity index (χ3n) is 2.79. The van der Waals surface area contributed by atoms with Crippen molar-refractivity contribution in [2.45, 2.75) is 13.0 Å². The summed E-state index contributed by atoms with van der Waals surface area (Å²) in [7, 11) is 0. The van der Waals surface area contributed by atoms with Crippen LogP contribution in [0.3, 0.4) is 0 Å². The predicted octanol–water partition coefficient (Wildman–Crippen LogP) is 3.50. The molecule has 1 unspecified atom stereocenters. The van der Waals surface area contributed by atoms with E-state index in [1.54, 1.807) is 31.5 Å². The summed E-state index contributed by atoms with van der Waals surface area (Å²) in [5.41, 5.74) is 0.681. The summed E-state index contributed by atoms with van der Waals surface area (Å²) in [4.78, 5) is 15.9. The van der Waals surface area contributed by atoms with Crippen LogP contribution in [0.2, 0.25) is 5.02 Å². The van der Waals surface area contributed by atoms with Gasteiger partial charge in [-0.1, -0.05) is 17.7 Å². The van der Waals surface area contributed by atoms with Crippen LogP contribution in [-0.2, 0) is 0 Å². The summed E-state index contributed by atoms with van der Waals surface area (Å²) in [5.74, 6) is -2.79. The minimum absolute atomic E-state index is 0.110. The molecule has 0 aliphatic rings. The summed E-state index contributed by atoms with van der Waals surface area (Å²) >= 11 is 5.75. The number of amides is 1. The topological polar surface area (TPSA) is 42.0 Å². The minimum atomic E-state index is -1.12. The van der Waals surface area contributed by atoms with E-state index in [0.717, 1.165) is 17.7 Å². The fraction of sp³-hybridized carbons (Fsp3) is 0.143. The first-order valence-electron chi connectivity index (χ1n) is 5.84. The first-order valence-corrected chi connectivity index (χ1v) is 6.22. The molecular formula is C14H11ClF2N2O. The SMILES string of the molecule is CC(NC(=O)c1cc(F)c(F)cc1Cl)c1cccnc1. The number of hydrogen-bond acceptors (Lipinski definition) is 2. The van der Waals surface area contributed by atoms with Gasteiger partial charge in [-0.15, -0.1) is 0 Å². The maximum Gasteiger partial charge on any atom is 0.253 e. The Hall–Kier alpha value is -2.01. The number of pyridine rings is 1. The highest BCUT2D eigenvalue weighted by Gasteiger charge is 2.17. The van der Waals surface area contributed by atoms with Crippen LogP contribution in [-0.4, -0.2) is 10.9 Å². The number of rotatable bonds is 3. The lowest BCUT2D eigenvalue weighted by molar-refractivity contribution is 0.0939. The van der Waals surface area contributed by atoms with E-state index < -0.39 is 17.5 Å².